The minimum absolute atomic E-state index is 0.0119. The van der Waals surface area contributed by atoms with Gasteiger partial charge in [0.1, 0.15) is 11.6 Å². The molecule has 5 rings (SSSR count). The lowest BCUT2D eigenvalue weighted by Gasteiger charge is -2.39. The van der Waals surface area contributed by atoms with E-state index in [1.54, 1.807) is 26.0 Å². The SMILES string of the molecule is CC(C)(O)CN1C(=O)C2(CCN(c3nc(O)c4c(n3)NCCC4)CC2)c2c(F)cccc21. The fraction of sp³-hybridized carbons (Fsp3) is 0.522. The Bertz CT molecular complexity index is 1080. The molecule has 3 aliphatic rings. The number of halogens is 1. The van der Waals surface area contributed by atoms with Crippen LogP contribution in [0, 0.1) is 5.82 Å². The molecule has 0 saturated carbocycles. The molecule has 1 saturated heterocycles. The van der Waals surface area contributed by atoms with Crippen molar-refractivity contribution < 1.29 is 19.4 Å². The minimum Gasteiger partial charge on any atom is -0.493 e. The van der Waals surface area contributed by atoms with Gasteiger partial charge in [0.2, 0.25) is 17.7 Å². The van der Waals surface area contributed by atoms with Crippen molar-refractivity contribution >= 4 is 23.4 Å². The third-order valence-electron chi connectivity index (χ3n) is 6.73. The number of aliphatic hydroxyl groups is 1. The lowest BCUT2D eigenvalue weighted by molar-refractivity contribution is -0.124. The second-order valence-electron chi connectivity index (χ2n) is 9.61. The van der Waals surface area contributed by atoms with Crippen molar-refractivity contribution in [2.45, 2.75) is 50.5 Å². The Labute approximate surface area is 186 Å². The quantitative estimate of drug-likeness (QED) is 0.672. The number of aromatic hydroxyl groups is 1. The van der Waals surface area contributed by atoms with Crippen LogP contribution in [-0.4, -0.2) is 57.9 Å². The average molecular weight is 442 g/mol. The first-order chi connectivity index (χ1) is 15.2. The van der Waals surface area contributed by atoms with E-state index < -0.39 is 16.8 Å². The van der Waals surface area contributed by atoms with Crippen molar-refractivity contribution in [3.05, 3.63) is 35.1 Å². The van der Waals surface area contributed by atoms with E-state index in [2.05, 4.69) is 15.3 Å². The molecule has 2 aromatic rings. The average Bonchev–Trinajstić information content (AvgIpc) is 2.97. The van der Waals surface area contributed by atoms with Gasteiger partial charge in [0.25, 0.3) is 0 Å². The summed E-state index contributed by atoms with van der Waals surface area (Å²) in [5, 5.41) is 23.9. The molecule has 0 aliphatic carbocycles. The van der Waals surface area contributed by atoms with Gasteiger partial charge >= 0.3 is 0 Å². The maximum Gasteiger partial charge on any atom is 0.238 e. The summed E-state index contributed by atoms with van der Waals surface area (Å²) >= 11 is 0. The number of fused-ring (bicyclic) bond motifs is 3. The van der Waals surface area contributed by atoms with Crippen LogP contribution in [0.15, 0.2) is 18.2 Å². The van der Waals surface area contributed by atoms with E-state index >= 15 is 4.39 Å². The zero-order valence-electron chi connectivity index (χ0n) is 18.4. The molecular weight excluding hydrogens is 413 g/mol. The Morgan fingerprint density at radius 1 is 1.25 bits per heavy atom. The van der Waals surface area contributed by atoms with Crippen LogP contribution in [0.3, 0.4) is 0 Å². The molecule has 32 heavy (non-hydrogen) atoms. The van der Waals surface area contributed by atoms with E-state index in [1.165, 1.54) is 11.0 Å². The molecule has 8 nitrogen and oxygen atoms in total. The molecule has 0 atom stereocenters. The molecule has 1 aromatic carbocycles. The second-order valence-corrected chi connectivity index (χ2v) is 9.61. The van der Waals surface area contributed by atoms with Crippen molar-refractivity contribution in [2.75, 3.05) is 41.3 Å². The smallest absolute Gasteiger partial charge is 0.238 e. The highest BCUT2D eigenvalue weighted by Crippen LogP contribution is 2.49. The maximum absolute atomic E-state index is 15.0. The Hall–Kier alpha value is -2.94. The highest BCUT2D eigenvalue weighted by atomic mass is 19.1. The molecule has 3 N–H and O–H groups in total. The van der Waals surface area contributed by atoms with Gasteiger partial charge in [-0.25, -0.2) is 4.39 Å². The largest absolute Gasteiger partial charge is 0.493 e. The fourth-order valence-corrected chi connectivity index (χ4v) is 5.23. The van der Waals surface area contributed by atoms with Crippen LogP contribution in [0.25, 0.3) is 0 Å². The van der Waals surface area contributed by atoms with Gasteiger partial charge in [0, 0.05) is 25.2 Å². The molecule has 1 fully saturated rings. The summed E-state index contributed by atoms with van der Waals surface area (Å²) in [5.41, 5.74) is -0.385. The summed E-state index contributed by atoms with van der Waals surface area (Å²) in [6, 6.07) is 4.74. The van der Waals surface area contributed by atoms with Gasteiger partial charge in [-0.3, -0.25) is 4.79 Å². The molecule has 1 amide bonds. The molecule has 1 aromatic heterocycles. The Balaban J connectivity index is 1.45. The summed E-state index contributed by atoms with van der Waals surface area (Å²) in [6.07, 6.45) is 2.45. The third-order valence-corrected chi connectivity index (χ3v) is 6.73. The zero-order chi connectivity index (χ0) is 22.7. The predicted molar refractivity (Wildman–Crippen MR) is 119 cm³/mol. The van der Waals surface area contributed by atoms with Gasteiger partial charge in [-0.05, 0) is 51.7 Å². The number of hydrogen-bond donors (Lipinski definition) is 3. The van der Waals surface area contributed by atoms with Gasteiger partial charge in [-0.15, -0.1) is 0 Å². The van der Waals surface area contributed by atoms with E-state index in [9.17, 15) is 15.0 Å². The van der Waals surface area contributed by atoms with Gasteiger partial charge < -0.3 is 25.3 Å². The van der Waals surface area contributed by atoms with Crippen LogP contribution < -0.4 is 15.1 Å². The van der Waals surface area contributed by atoms with Crippen LogP contribution >= 0.6 is 0 Å². The van der Waals surface area contributed by atoms with Crippen LogP contribution in [0.1, 0.15) is 44.2 Å². The number of β-amino-alcohol motifs (C(OH)–C–C–N with tert-alkyl or cyclic N) is 1. The van der Waals surface area contributed by atoms with E-state index in [0.717, 1.165) is 24.9 Å². The number of rotatable bonds is 3. The monoisotopic (exact) mass is 441 g/mol. The van der Waals surface area contributed by atoms with Crippen LogP contribution in [0.4, 0.5) is 21.8 Å². The number of benzene rings is 1. The van der Waals surface area contributed by atoms with Crippen molar-refractivity contribution in [1.29, 1.82) is 0 Å². The lowest BCUT2D eigenvalue weighted by Crippen LogP contribution is -2.51. The molecule has 4 heterocycles. The lowest BCUT2D eigenvalue weighted by atomic mass is 9.73. The Kier molecular flexibility index (Phi) is 4.77. The molecule has 1 spiro atoms. The highest BCUT2D eigenvalue weighted by Gasteiger charge is 2.54. The first-order valence-electron chi connectivity index (χ1n) is 11.1. The van der Waals surface area contributed by atoms with E-state index in [-0.39, 0.29) is 18.3 Å². The number of nitrogens with one attached hydrogen (secondary N) is 1. The number of carbonyl (C=O) groups excluding carboxylic acids is 1. The highest BCUT2D eigenvalue weighted by molar-refractivity contribution is 6.08. The number of carbonyl (C=O) groups is 1. The first-order valence-corrected chi connectivity index (χ1v) is 11.1. The van der Waals surface area contributed by atoms with Crippen LogP contribution in [-0.2, 0) is 16.6 Å². The number of nitrogens with zero attached hydrogens (tertiary/aromatic N) is 4. The van der Waals surface area contributed by atoms with E-state index in [4.69, 9.17) is 0 Å². The van der Waals surface area contributed by atoms with E-state index in [0.29, 0.717) is 48.9 Å². The Morgan fingerprint density at radius 3 is 2.72 bits per heavy atom. The van der Waals surface area contributed by atoms with Crippen molar-refractivity contribution in [3.8, 4) is 5.88 Å². The van der Waals surface area contributed by atoms with Crippen molar-refractivity contribution in [3.63, 3.8) is 0 Å². The standard InChI is InChI=1S/C23H28FN5O3/c1-22(2,32)13-29-16-7-3-6-15(24)17(16)23(20(29)31)8-11-28(12-9-23)21-26-18-14(19(30)27-21)5-4-10-25-18/h3,6-7,32H,4-5,8-13H2,1-2H3,(H2,25,26,27,30). The summed E-state index contributed by atoms with van der Waals surface area (Å²) < 4.78 is 15.0. The van der Waals surface area contributed by atoms with Gasteiger partial charge in [-0.1, -0.05) is 6.07 Å². The predicted octanol–water partition coefficient (Wildman–Crippen LogP) is 2.34. The zero-order valence-corrected chi connectivity index (χ0v) is 18.4. The van der Waals surface area contributed by atoms with Gasteiger partial charge in [0.15, 0.2) is 0 Å². The topological polar surface area (TPSA) is 102 Å². The Morgan fingerprint density at radius 2 is 2.00 bits per heavy atom. The van der Waals surface area contributed by atoms with Crippen molar-refractivity contribution in [1.82, 2.24) is 9.97 Å². The minimum atomic E-state index is -1.10. The molecule has 3 aliphatic heterocycles. The third kappa shape index (κ3) is 3.26. The molecule has 9 heteroatoms. The second kappa shape index (κ2) is 7.30. The maximum atomic E-state index is 15.0. The van der Waals surface area contributed by atoms with Crippen LogP contribution in [0.5, 0.6) is 5.88 Å². The van der Waals surface area contributed by atoms with E-state index in [1.807, 2.05) is 4.90 Å². The molecule has 170 valence electrons. The number of aromatic nitrogens is 2. The number of hydrogen-bond acceptors (Lipinski definition) is 7. The van der Waals surface area contributed by atoms with Crippen molar-refractivity contribution in [2.24, 2.45) is 0 Å². The molecule has 0 radical (unpaired) electrons. The first kappa shape index (κ1) is 20.9. The number of piperidine rings is 1. The summed E-state index contributed by atoms with van der Waals surface area (Å²) in [4.78, 5) is 26.0. The summed E-state index contributed by atoms with van der Waals surface area (Å²) in [6.45, 7) is 5.08. The van der Waals surface area contributed by atoms with Gasteiger partial charge in [-0.2, -0.15) is 9.97 Å². The molecular formula is C23H28FN5O3. The summed E-state index contributed by atoms with van der Waals surface area (Å²) in [7, 11) is 0. The number of anilines is 3. The summed E-state index contributed by atoms with van der Waals surface area (Å²) in [5.74, 6) is 0.494. The normalized spacial score (nSPS) is 19.7. The van der Waals surface area contributed by atoms with Gasteiger partial charge in [0.05, 0.1) is 28.8 Å². The molecule has 0 unspecified atom stereocenters. The van der Waals surface area contributed by atoms with Crippen LogP contribution in [0.2, 0.25) is 0 Å². The fourth-order valence-electron chi connectivity index (χ4n) is 5.23. The number of amides is 1. The molecule has 0 bridgehead atoms.